The van der Waals surface area contributed by atoms with E-state index < -0.39 is 0 Å². The Morgan fingerprint density at radius 2 is 1.71 bits per heavy atom. The molecule has 4 heteroatoms. The second kappa shape index (κ2) is 6.36. The predicted molar refractivity (Wildman–Crippen MR) is 97.9 cm³/mol. The number of hydrogen-bond acceptors (Lipinski definition) is 4. The average Bonchev–Trinajstić information content (AvgIpc) is 2.62. The molecule has 0 N–H and O–H groups in total. The highest BCUT2D eigenvalue weighted by Gasteiger charge is 2.19. The van der Waals surface area contributed by atoms with Crippen molar-refractivity contribution in [3.05, 3.63) is 58.3 Å². The number of ether oxygens (including phenoxy) is 1. The predicted octanol–water partition coefficient (Wildman–Crippen LogP) is 4.90. The van der Waals surface area contributed by atoms with E-state index in [4.69, 9.17) is 4.74 Å². The van der Waals surface area contributed by atoms with Crippen molar-refractivity contribution in [2.45, 2.75) is 38.2 Å². The molecule has 3 nitrogen and oxygen atoms in total. The van der Waals surface area contributed by atoms with Crippen LogP contribution in [0.3, 0.4) is 0 Å². The zero-order valence-electron chi connectivity index (χ0n) is 13.3. The molecule has 1 fully saturated rings. The fourth-order valence-electron chi connectivity index (χ4n) is 3.33. The Bertz CT molecular complexity index is 967. The molecule has 0 aliphatic heterocycles. The SMILES string of the molecule is O=C(OC1CCCCC1)c1ccc2sc3ccccc3c(=O)c2c1. The molecule has 2 aromatic carbocycles. The Balaban J connectivity index is 1.72. The third-order valence-electron chi connectivity index (χ3n) is 4.64. The van der Waals surface area contributed by atoms with Crippen molar-refractivity contribution in [2.75, 3.05) is 0 Å². The van der Waals surface area contributed by atoms with Crippen molar-refractivity contribution in [1.29, 1.82) is 0 Å². The molecule has 0 radical (unpaired) electrons. The molecule has 0 amide bonds. The van der Waals surface area contributed by atoms with Crippen molar-refractivity contribution < 1.29 is 9.53 Å². The minimum Gasteiger partial charge on any atom is -0.459 e. The van der Waals surface area contributed by atoms with Gasteiger partial charge in [-0.15, -0.1) is 11.3 Å². The van der Waals surface area contributed by atoms with Crippen LogP contribution in [0.1, 0.15) is 42.5 Å². The van der Waals surface area contributed by atoms with Crippen molar-refractivity contribution in [3.63, 3.8) is 0 Å². The summed E-state index contributed by atoms with van der Waals surface area (Å²) >= 11 is 1.57. The van der Waals surface area contributed by atoms with E-state index >= 15 is 0 Å². The minimum absolute atomic E-state index is 0.0214. The van der Waals surface area contributed by atoms with Crippen LogP contribution < -0.4 is 5.43 Å². The molecular weight excluding hydrogens is 320 g/mol. The van der Waals surface area contributed by atoms with Crippen LogP contribution in [0.2, 0.25) is 0 Å². The third-order valence-corrected chi connectivity index (χ3v) is 5.79. The largest absolute Gasteiger partial charge is 0.459 e. The molecule has 4 rings (SSSR count). The van der Waals surface area contributed by atoms with Crippen LogP contribution >= 0.6 is 11.3 Å². The number of benzene rings is 2. The number of fused-ring (bicyclic) bond motifs is 2. The first-order valence-corrected chi connectivity index (χ1v) is 9.20. The Morgan fingerprint density at radius 1 is 0.958 bits per heavy atom. The first kappa shape index (κ1) is 15.3. The van der Waals surface area contributed by atoms with Gasteiger partial charge in [0.05, 0.1) is 5.56 Å². The van der Waals surface area contributed by atoms with E-state index in [1.165, 1.54) is 6.42 Å². The fraction of sp³-hybridized carbons (Fsp3) is 0.300. The molecular formula is C20H18O3S. The molecule has 24 heavy (non-hydrogen) atoms. The molecule has 122 valence electrons. The van der Waals surface area contributed by atoms with Crippen LogP contribution in [0.25, 0.3) is 20.2 Å². The lowest BCUT2D eigenvalue weighted by Gasteiger charge is -2.21. The summed E-state index contributed by atoms with van der Waals surface area (Å²) in [5.41, 5.74) is 0.444. The summed E-state index contributed by atoms with van der Waals surface area (Å²) in [6.45, 7) is 0. The minimum atomic E-state index is -0.318. The van der Waals surface area contributed by atoms with Crippen LogP contribution in [0.4, 0.5) is 0 Å². The standard InChI is InChI=1S/C20H18O3S/c21-19-15-8-4-5-9-17(15)24-18-11-10-13(12-16(18)19)20(22)23-14-6-2-1-3-7-14/h4-5,8-12,14H,1-3,6-7H2. The lowest BCUT2D eigenvalue weighted by Crippen LogP contribution is -2.21. The van der Waals surface area contributed by atoms with Gasteiger partial charge in [0.1, 0.15) is 6.10 Å². The molecule has 1 aliphatic carbocycles. The molecule has 1 saturated carbocycles. The second-order valence-corrected chi connectivity index (χ2v) is 7.39. The molecule has 3 aromatic rings. The number of esters is 1. The van der Waals surface area contributed by atoms with Crippen molar-refractivity contribution in [3.8, 4) is 0 Å². The molecule has 0 bridgehead atoms. The zero-order valence-corrected chi connectivity index (χ0v) is 14.1. The Hall–Kier alpha value is -2.20. The summed E-state index contributed by atoms with van der Waals surface area (Å²) in [6, 6.07) is 12.9. The van der Waals surface area contributed by atoms with Crippen molar-refractivity contribution in [1.82, 2.24) is 0 Å². The van der Waals surface area contributed by atoms with E-state index in [0.29, 0.717) is 16.3 Å². The smallest absolute Gasteiger partial charge is 0.338 e. The third kappa shape index (κ3) is 2.82. The van der Waals surface area contributed by atoms with Crippen LogP contribution in [-0.2, 0) is 4.74 Å². The van der Waals surface area contributed by atoms with E-state index in [0.717, 1.165) is 35.1 Å². The molecule has 1 aromatic heterocycles. The van der Waals surface area contributed by atoms with E-state index in [1.54, 1.807) is 23.5 Å². The summed E-state index contributed by atoms with van der Waals surface area (Å²) in [7, 11) is 0. The lowest BCUT2D eigenvalue weighted by molar-refractivity contribution is 0.0211. The summed E-state index contributed by atoms with van der Waals surface area (Å²) in [6.07, 6.45) is 5.37. The van der Waals surface area contributed by atoms with Gasteiger partial charge >= 0.3 is 5.97 Å². The maximum Gasteiger partial charge on any atom is 0.338 e. The van der Waals surface area contributed by atoms with E-state index in [-0.39, 0.29) is 17.5 Å². The summed E-state index contributed by atoms with van der Waals surface area (Å²) in [4.78, 5) is 25.1. The van der Waals surface area contributed by atoms with Crippen LogP contribution in [0.5, 0.6) is 0 Å². The maximum atomic E-state index is 12.7. The molecule has 0 atom stereocenters. The summed E-state index contributed by atoms with van der Waals surface area (Å²) in [5.74, 6) is -0.318. The van der Waals surface area contributed by atoms with Crippen LogP contribution in [0, 0.1) is 0 Å². The highest BCUT2D eigenvalue weighted by atomic mass is 32.1. The van der Waals surface area contributed by atoms with Gasteiger partial charge in [0.25, 0.3) is 0 Å². The Kier molecular flexibility index (Phi) is 4.07. The zero-order chi connectivity index (χ0) is 16.5. The molecule has 1 heterocycles. The van der Waals surface area contributed by atoms with E-state index in [9.17, 15) is 9.59 Å². The normalized spacial score (nSPS) is 15.7. The topological polar surface area (TPSA) is 43.4 Å². The maximum absolute atomic E-state index is 12.7. The van der Waals surface area contributed by atoms with E-state index in [1.807, 2.05) is 30.3 Å². The quantitative estimate of drug-likeness (QED) is 0.493. The molecule has 0 spiro atoms. The van der Waals surface area contributed by atoms with Gasteiger partial charge in [0.2, 0.25) is 0 Å². The van der Waals surface area contributed by atoms with Gasteiger partial charge in [-0.3, -0.25) is 4.79 Å². The number of carbonyl (C=O) groups is 1. The van der Waals surface area contributed by atoms with Gasteiger partial charge in [-0.1, -0.05) is 18.6 Å². The molecule has 0 saturated heterocycles. The van der Waals surface area contributed by atoms with Crippen molar-refractivity contribution in [2.24, 2.45) is 0 Å². The number of hydrogen-bond donors (Lipinski definition) is 0. The highest BCUT2D eigenvalue weighted by Crippen LogP contribution is 2.26. The Labute approximate surface area is 143 Å². The lowest BCUT2D eigenvalue weighted by atomic mass is 9.98. The molecule has 1 aliphatic rings. The average molecular weight is 338 g/mol. The highest BCUT2D eigenvalue weighted by molar-refractivity contribution is 7.24. The summed E-state index contributed by atoms with van der Waals surface area (Å²) in [5, 5.41) is 1.30. The number of carbonyl (C=O) groups excluding carboxylic acids is 1. The van der Waals surface area contributed by atoms with Gasteiger partial charge in [-0.25, -0.2) is 4.79 Å². The van der Waals surface area contributed by atoms with Crippen molar-refractivity contribution >= 4 is 37.5 Å². The van der Waals surface area contributed by atoms with Gasteiger partial charge < -0.3 is 4.74 Å². The van der Waals surface area contributed by atoms with Crippen LogP contribution in [-0.4, -0.2) is 12.1 Å². The second-order valence-electron chi connectivity index (χ2n) is 6.30. The van der Waals surface area contributed by atoms with Gasteiger partial charge in [-0.05, 0) is 56.0 Å². The first-order valence-electron chi connectivity index (χ1n) is 8.39. The first-order chi connectivity index (χ1) is 11.7. The van der Waals surface area contributed by atoms with Gasteiger partial charge in [-0.2, -0.15) is 0 Å². The van der Waals surface area contributed by atoms with Gasteiger partial charge in [0, 0.05) is 20.2 Å². The van der Waals surface area contributed by atoms with Gasteiger partial charge in [0.15, 0.2) is 5.43 Å². The Morgan fingerprint density at radius 3 is 2.54 bits per heavy atom. The van der Waals surface area contributed by atoms with Crippen LogP contribution in [0.15, 0.2) is 47.3 Å². The molecule has 0 unspecified atom stereocenters. The summed E-state index contributed by atoms with van der Waals surface area (Å²) < 4.78 is 7.48. The monoisotopic (exact) mass is 338 g/mol. The fourth-order valence-corrected chi connectivity index (χ4v) is 4.38. The number of rotatable bonds is 2. The van der Waals surface area contributed by atoms with E-state index in [2.05, 4.69) is 0 Å².